The molecule has 1 N–H and O–H groups in total. The summed E-state index contributed by atoms with van der Waals surface area (Å²) >= 11 is 5.79. The molecule has 1 atom stereocenters. The molecule has 1 fully saturated rings. The van der Waals surface area contributed by atoms with Gasteiger partial charge in [-0.3, -0.25) is 4.79 Å². The van der Waals surface area contributed by atoms with Gasteiger partial charge in [0, 0.05) is 17.3 Å². The molecular formula is C18H16ClF3N2O3S. The van der Waals surface area contributed by atoms with Crippen molar-refractivity contribution in [2.24, 2.45) is 0 Å². The zero-order chi connectivity index (χ0) is 20.5. The highest BCUT2D eigenvalue weighted by Crippen LogP contribution is 2.37. The van der Waals surface area contributed by atoms with Gasteiger partial charge in [-0.05, 0) is 49.2 Å². The van der Waals surface area contributed by atoms with E-state index in [2.05, 4.69) is 5.32 Å². The van der Waals surface area contributed by atoms with E-state index in [1.54, 1.807) is 24.3 Å². The van der Waals surface area contributed by atoms with Crippen LogP contribution in [0, 0.1) is 0 Å². The summed E-state index contributed by atoms with van der Waals surface area (Å²) < 4.78 is 66.5. The Hall–Kier alpha value is -2.10. The number of carbonyl (C=O) groups is 1. The van der Waals surface area contributed by atoms with Gasteiger partial charge in [0.2, 0.25) is 15.9 Å². The summed E-state index contributed by atoms with van der Waals surface area (Å²) in [5.41, 5.74) is -0.840. The van der Waals surface area contributed by atoms with Gasteiger partial charge in [0.05, 0.1) is 10.5 Å². The Bertz CT molecular complexity index is 978. The fourth-order valence-electron chi connectivity index (χ4n) is 3.10. The number of rotatable bonds is 4. The highest BCUT2D eigenvalue weighted by molar-refractivity contribution is 7.89. The molecule has 1 aliphatic heterocycles. The quantitative estimate of drug-likeness (QED) is 0.789. The van der Waals surface area contributed by atoms with Gasteiger partial charge in [-0.15, -0.1) is 0 Å². The number of hydrogen-bond acceptors (Lipinski definition) is 3. The minimum atomic E-state index is -4.83. The first-order chi connectivity index (χ1) is 13.1. The van der Waals surface area contributed by atoms with E-state index in [0.29, 0.717) is 23.2 Å². The van der Waals surface area contributed by atoms with Gasteiger partial charge < -0.3 is 5.32 Å². The number of hydrogen-bond donors (Lipinski definition) is 1. The average molecular weight is 433 g/mol. The highest BCUT2D eigenvalue weighted by atomic mass is 35.5. The topological polar surface area (TPSA) is 66.5 Å². The number of alkyl halides is 3. The van der Waals surface area contributed by atoms with Crippen molar-refractivity contribution in [2.45, 2.75) is 30.0 Å². The standard InChI is InChI=1S/C18H16ClF3N2O3S/c19-12-7-9-13(10-8-12)23-17(25)15-5-3-11-24(15)28(26,27)16-6-2-1-4-14(16)18(20,21)22/h1-2,4,6-10,15H,3,5,11H2,(H,23,25)/t15-/m0/s1. The Kier molecular flexibility index (Phi) is 5.69. The van der Waals surface area contributed by atoms with Gasteiger partial charge in [0.1, 0.15) is 6.04 Å². The summed E-state index contributed by atoms with van der Waals surface area (Å²) in [5, 5.41) is 3.05. The third-order valence-electron chi connectivity index (χ3n) is 4.40. The van der Waals surface area contributed by atoms with E-state index in [1.807, 2.05) is 0 Å². The second-order valence-electron chi connectivity index (χ2n) is 6.26. The molecule has 3 rings (SSSR count). The fraction of sp³-hybridized carbons (Fsp3) is 0.278. The summed E-state index contributed by atoms with van der Waals surface area (Å²) in [4.78, 5) is 11.7. The summed E-state index contributed by atoms with van der Waals surface area (Å²) in [6.45, 7) is -0.0345. The zero-order valence-electron chi connectivity index (χ0n) is 14.4. The van der Waals surface area contributed by atoms with Gasteiger partial charge in [0.15, 0.2) is 0 Å². The van der Waals surface area contributed by atoms with E-state index in [0.717, 1.165) is 16.4 Å². The van der Waals surface area contributed by atoms with Crippen LogP contribution in [-0.4, -0.2) is 31.2 Å². The summed E-state index contributed by atoms with van der Waals surface area (Å²) in [6, 6.07) is 9.08. The minimum absolute atomic E-state index is 0.0345. The third kappa shape index (κ3) is 4.16. The van der Waals surface area contributed by atoms with Gasteiger partial charge in [-0.2, -0.15) is 17.5 Å². The lowest BCUT2D eigenvalue weighted by molar-refractivity contribution is -0.139. The number of nitrogens with one attached hydrogen (secondary N) is 1. The van der Waals surface area contributed by atoms with Crippen LogP contribution in [0.5, 0.6) is 0 Å². The van der Waals surface area contributed by atoms with E-state index in [1.165, 1.54) is 6.07 Å². The first-order valence-electron chi connectivity index (χ1n) is 8.35. The molecule has 5 nitrogen and oxygen atoms in total. The molecule has 0 bridgehead atoms. The molecule has 1 heterocycles. The number of sulfonamides is 1. The first kappa shape index (κ1) is 20.6. The summed E-state index contributed by atoms with van der Waals surface area (Å²) in [7, 11) is -4.51. The number of nitrogens with zero attached hydrogens (tertiary/aromatic N) is 1. The Balaban J connectivity index is 1.90. The van der Waals surface area contributed by atoms with E-state index in [9.17, 15) is 26.4 Å². The molecule has 0 saturated carbocycles. The molecule has 0 aliphatic carbocycles. The molecule has 2 aromatic carbocycles. The molecule has 1 aliphatic rings. The maximum atomic E-state index is 13.3. The van der Waals surface area contributed by atoms with Crippen LogP contribution in [0.15, 0.2) is 53.4 Å². The maximum absolute atomic E-state index is 13.3. The Morgan fingerprint density at radius 3 is 2.39 bits per heavy atom. The number of benzene rings is 2. The van der Waals surface area contributed by atoms with Crippen LogP contribution in [-0.2, 0) is 21.0 Å². The van der Waals surface area contributed by atoms with Crippen molar-refractivity contribution in [1.82, 2.24) is 4.31 Å². The van der Waals surface area contributed by atoms with Crippen LogP contribution < -0.4 is 5.32 Å². The van der Waals surface area contributed by atoms with Gasteiger partial charge in [-0.25, -0.2) is 8.42 Å². The molecule has 28 heavy (non-hydrogen) atoms. The van der Waals surface area contributed by atoms with E-state index >= 15 is 0 Å². The van der Waals surface area contributed by atoms with Crippen LogP contribution in [0.2, 0.25) is 5.02 Å². The van der Waals surface area contributed by atoms with Gasteiger partial charge in [-0.1, -0.05) is 23.7 Å². The van der Waals surface area contributed by atoms with Crippen molar-refractivity contribution in [2.75, 3.05) is 11.9 Å². The Morgan fingerprint density at radius 1 is 1.11 bits per heavy atom. The normalized spacial score (nSPS) is 18.2. The smallest absolute Gasteiger partial charge is 0.325 e. The molecule has 150 valence electrons. The van der Waals surface area contributed by atoms with Gasteiger partial charge in [0.25, 0.3) is 0 Å². The molecule has 0 aromatic heterocycles. The molecule has 0 unspecified atom stereocenters. The average Bonchev–Trinajstić information content (AvgIpc) is 3.14. The molecule has 0 spiro atoms. The largest absolute Gasteiger partial charge is 0.417 e. The third-order valence-corrected chi connectivity index (χ3v) is 6.62. The first-order valence-corrected chi connectivity index (χ1v) is 10.2. The second kappa shape index (κ2) is 7.73. The summed E-state index contributed by atoms with van der Waals surface area (Å²) in [6.07, 6.45) is -4.25. The predicted molar refractivity (Wildman–Crippen MR) is 98.4 cm³/mol. The van der Waals surface area contributed by atoms with Crippen molar-refractivity contribution in [3.63, 3.8) is 0 Å². The molecular weight excluding hydrogens is 417 g/mol. The lowest BCUT2D eigenvalue weighted by Gasteiger charge is -2.25. The van der Waals surface area contributed by atoms with Crippen LogP contribution in [0.1, 0.15) is 18.4 Å². The van der Waals surface area contributed by atoms with E-state index < -0.39 is 38.6 Å². The number of carbonyl (C=O) groups excluding carboxylic acids is 1. The van der Waals surface area contributed by atoms with Crippen LogP contribution in [0.3, 0.4) is 0 Å². The van der Waals surface area contributed by atoms with Crippen molar-refractivity contribution in [3.8, 4) is 0 Å². The number of amides is 1. The fourth-order valence-corrected chi connectivity index (χ4v) is 5.10. The van der Waals surface area contributed by atoms with Gasteiger partial charge >= 0.3 is 6.18 Å². The lowest BCUT2D eigenvalue weighted by atomic mass is 10.2. The summed E-state index contributed by atoms with van der Waals surface area (Å²) in [5.74, 6) is -0.604. The Labute approximate surface area is 165 Å². The van der Waals surface area contributed by atoms with Crippen molar-refractivity contribution < 1.29 is 26.4 Å². The van der Waals surface area contributed by atoms with Crippen molar-refractivity contribution >= 4 is 33.2 Å². The zero-order valence-corrected chi connectivity index (χ0v) is 16.0. The number of anilines is 1. The van der Waals surface area contributed by atoms with Crippen molar-refractivity contribution in [3.05, 3.63) is 59.1 Å². The van der Waals surface area contributed by atoms with E-state index in [-0.39, 0.29) is 13.0 Å². The number of halogens is 4. The van der Waals surface area contributed by atoms with E-state index in [4.69, 9.17) is 11.6 Å². The second-order valence-corrected chi connectivity index (χ2v) is 8.56. The molecule has 2 aromatic rings. The molecule has 1 amide bonds. The van der Waals surface area contributed by atoms with Crippen molar-refractivity contribution in [1.29, 1.82) is 0 Å². The molecule has 0 radical (unpaired) electrons. The Morgan fingerprint density at radius 2 is 1.75 bits per heavy atom. The van der Waals surface area contributed by atoms with Crippen LogP contribution >= 0.6 is 11.6 Å². The van der Waals surface area contributed by atoms with Crippen LogP contribution in [0.4, 0.5) is 18.9 Å². The van der Waals surface area contributed by atoms with Crippen LogP contribution in [0.25, 0.3) is 0 Å². The monoisotopic (exact) mass is 432 g/mol. The molecule has 1 saturated heterocycles. The predicted octanol–water partition coefficient (Wildman–Crippen LogP) is 4.15. The lowest BCUT2D eigenvalue weighted by Crippen LogP contribution is -2.43. The molecule has 10 heteroatoms. The highest BCUT2D eigenvalue weighted by Gasteiger charge is 2.44. The maximum Gasteiger partial charge on any atom is 0.417 e. The minimum Gasteiger partial charge on any atom is -0.325 e. The SMILES string of the molecule is O=C(Nc1ccc(Cl)cc1)[C@@H]1CCCN1S(=O)(=O)c1ccccc1C(F)(F)F.